The Bertz CT molecular complexity index is 1320. The van der Waals surface area contributed by atoms with Gasteiger partial charge in [-0.1, -0.05) is 147 Å². The molecule has 1 aliphatic rings. The first-order valence-electron chi connectivity index (χ1n) is 19.2. The molecule has 1 amide bonds. The molecule has 0 aliphatic carbocycles. The first kappa shape index (κ1) is 38.9. The van der Waals surface area contributed by atoms with Crippen LogP contribution in [0.15, 0.2) is 43.0 Å². The largest absolute Gasteiger partial charge is 0.394 e. The minimum Gasteiger partial charge on any atom is -0.394 e. The van der Waals surface area contributed by atoms with Crippen molar-refractivity contribution < 1.29 is 24.5 Å². The van der Waals surface area contributed by atoms with E-state index in [1.54, 1.807) is 35.2 Å². The van der Waals surface area contributed by atoms with Gasteiger partial charge in [0.05, 0.1) is 12.9 Å². The fourth-order valence-electron chi connectivity index (χ4n) is 6.75. The van der Waals surface area contributed by atoms with Gasteiger partial charge in [0.1, 0.15) is 24.6 Å². The molecule has 10 heteroatoms. The number of aliphatic hydroxyl groups is 2. The molecule has 3 aromatic rings. The lowest BCUT2D eigenvalue weighted by atomic mass is 10.0. The number of unbranched alkanes of at least 4 members (excludes halogenated alkanes) is 19. The number of amides is 1. The van der Waals surface area contributed by atoms with Crippen molar-refractivity contribution in [2.24, 2.45) is 0 Å². The van der Waals surface area contributed by atoms with Crippen LogP contribution < -0.4 is 5.32 Å². The lowest BCUT2D eigenvalue weighted by molar-refractivity contribution is -0.0711. The van der Waals surface area contributed by atoms with Crippen molar-refractivity contribution in [3.8, 4) is 0 Å². The van der Waals surface area contributed by atoms with E-state index in [1.165, 1.54) is 122 Å². The maximum atomic E-state index is 12.7. The zero-order chi connectivity index (χ0) is 34.5. The first-order chi connectivity index (χ1) is 24.1. The molecule has 0 bridgehead atoms. The number of fused-ring (bicyclic) bond motifs is 1. The van der Waals surface area contributed by atoms with Crippen LogP contribution >= 0.6 is 0 Å². The topological polar surface area (TPSA) is 132 Å². The number of hydrogen-bond acceptors (Lipinski definition) is 8. The van der Waals surface area contributed by atoms with Crippen molar-refractivity contribution in [2.75, 3.05) is 18.5 Å². The molecule has 272 valence electrons. The van der Waals surface area contributed by atoms with Gasteiger partial charge in [0, 0.05) is 12.2 Å². The van der Waals surface area contributed by atoms with Gasteiger partial charge in [-0.15, -0.1) is 0 Å². The summed E-state index contributed by atoms with van der Waals surface area (Å²) in [5, 5.41) is 23.6. The van der Waals surface area contributed by atoms with Crippen LogP contribution in [0.5, 0.6) is 0 Å². The van der Waals surface area contributed by atoms with E-state index >= 15 is 0 Å². The smallest absolute Gasteiger partial charge is 0.256 e. The Hall–Kier alpha value is -2.92. The molecule has 1 aliphatic heterocycles. The van der Waals surface area contributed by atoms with Crippen LogP contribution in [0, 0.1) is 0 Å². The van der Waals surface area contributed by atoms with Crippen LogP contribution in [0.25, 0.3) is 11.2 Å². The normalized spacial score (nSPS) is 19.2. The van der Waals surface area contributed by atoms with Crippen LogP contribution in [-0.2, 0) is 9.47 Å². The molecule has 10 nitrogen and oxygen atoms in total. The number of aromatic nitrogens is 4. The lowest BCUT2D eigenvalue weighted by Crippen LogP contribution is -2.35. The number of aliphatic hydroxyl groups excluding tert-OH is 2. The van der Waals surface area contributed by atoms with E-state index in [0.717, 1.165) is 12.8 Å². The van der Waals surface area contributed by atoms with Crippen molar-refractivity contribution in [1.29, 1.82) is 0 Å². The molecule has 4 atom stereocenters. The van der Waals surface area contributed by atoms with E-state index in [0.29, 0.717) is 23.3 Å². The van der Waals surface area contributed by atoms with E-state index in [1.807, 2.05) is 6.07 Å². The number of hydrogen-bond donors (Lipinski definition) is 3. The van der Waals surface area contributed by atoms with Crippen molar-refractivity contribution in [2.45, 2.75) is 160 Å². The number of rotatable bonds is 26. The third-order valence-corrected chi connectivity index (χ3v) is 9.70. The Morgan fingerprint density at radius 2 is 1.35 bits per heavy atom. The molecule has 0 saturated carbocycles. The number of benzene rings is 1. The van der Waals surface area contributed by atoms with E-state index in [4.69, 9.17) is 9.47 Å². The van der Waals surface area contributed by atoms with Gasteiger partial charge in [-0.3, -0.25) is 9.36 Å². The Kier molecular flexibility index (Phi) is 18.0. The second kappa shape index (κ2) is 22.7. The molecule has 4 rings (SSSR count). The monoisotopic (exact) mass is 679 g/mol. The van der Waals surface area contributed by atoms with E-state index < -0.39 is 24.5 Å². The highest BCUT2D eigenvalue weighted by Gasteiger charge is 2.45. The molecular weight excluding hydrogens is 618 g/mol. The summed E-state index contributed by atoms with van der Waals surface area (Å²) in [6.45, 7) is 2.43. The van der Waals surface area contributed by atoms with Crippen LogP contribution in [-0.4, -0.2) is 67.2 Å². The summed E-state index contributed by atoms with van der Waals surface area (Å²) in [4.78, 5) is 25.8. The van der Waals surface area contributed by atoms with Crippen molar-refractivity contribution in [1.82, 2.24) is 19.5 Å². The standard InChI is InChI=1S/C39H61N5O5/c1-2-3-4-5-6-7-8-9-10-11-12-13-14-15-16-17-18-19-20-24-27-48-35-34(46)32(28-45)49-39(35)44-30-42-33-36(40-29-41-37(33)44)43-38(47)31-25-22-21-23-26-31/h21-23,25-26,29-30,32,34-35,39,45-46H,2-20,24,27-28H2,1H3,(H,40,41,43,47)/t32-,34?,35+,39-/m1/s1. The van der Waals surface area contributed by atoms with Crippen molar-refractivity contribution in [3.63, 3.8) is 0 Å². The van der Waals surface area contributed by atoms with Crippen LogP contribution in [0.1, 0.15) is 152 Å². The summed E-state index contributed by atoms with van der Waals surface area (Å²) in [5.74, 6) is -0.0317. The van der Waals surface area contributed by atoms with Gasteiger partial charge < -0.3 is 25.0 Å². The maximum Gasteiger partial charge on any atom is 0.256 e. The third-order valence-electron chi connectivity index (χ3n) is 9.70. The molecular formula is C39H61N5O5. The number of carbonyl (C=O) groups is 1. The van der Waals surface area contributed by atoms with Gasteiger partial charge in [0.25, 0.3) is 5.91 Å². The van der Waals surface area contributed by atoms with Gasteiger partial charge in [0.2, 0.25) is 0 Å². The van der Waals surface area contributed by atoms with Gasteiger partial charge in [0.15, 0.2) is 23.2 Å². The SMILES string of the molecule is CCCCCCCCCCCCCCCCCCCCCCO[C@H]1C(O)[C@@H](CO)O[C@H]1n1cnc2c(NC(=O)c3ccccc3)ncnc21. The molecule has 0 spiro atoms. The minimum atomic E-state index is -1.00. The quantitative estimate of drug-likeness (QED) is 0.0720. The van der Waals surface area contributed by atoms with Gasteiger partial charge in [-0.25, -0.2) is 15.0 Å². The Morgan fingerprint density at radius 1 is 0.796 bits per heavy atom. The molecule has 3 heterocycles. The molecule has 1 aromatic carbocycles. The number of nitrogens with one attached hydrogen (secondary N) is 1. The minimum absolute atomic E-state index is 0.275. The summed E-state index contributed by atoms with van der Waals surface area (Å²) in [6, 6.07) is 8.87. The fraction of sp³-hybridized carbons (Fsp3) is 0.692. The zero-order valence-electron chi connectivity index (χ0n) is 29.8. The molecule has 0 radical (unpaired) electrons. The number of carbonyl (C=O) groups excluding carboxylic acids is 1. The third kappa shape index (κ3) is 12.7. The average molecular weight is 680 g/mol. The molecule has 2 aromatic heterocycles. The van der Waals surface area contributed by atoms with Crippen molar-refractivity contribution >= 4 is 22.9 Å². The van der Waals surface area contributed by atoms with Gasteiger partial charge >= 0.3 is 0 Å². The van der Waals surface area contributed by atoms with E-state index in [9.17, 15) is 15.0 Å². The molecule has 3 N–H and O–H groups in total. The molecule has 1 unspecified atom stereocenters. The summed E-state index contributed by atoms with van der Waals surface area (Å²) in [5.41, 5.74) is 1.33. The van der Waals surface area contributed by atoms with Gasteiger partial charge in [-0.2, -0.15) is 0 Å². The van der Waals surface area contributed by atoms with Crippen LogP contribution in [0.4, 0.5) is 5.82 Å². The second-order valence-corrected chi connectivity index (χ2v) is 13.7. The van der Waals surface area contributed by atoms with E-state index in [2.05, 4.69) is 27.2 Å². The average Bonchev–Trinajstić information content (AvgIpc) is 3.70. The molecule has 1 saturated heterocycles. The first-order valence-corrected chi connectivity index (χ1v) is 19.2. The Balaban J connectivity index is 1.08. The van der Waals surface area contributed by atoms with Crippen LogP contribution in [0.2, 0.25) is 0 Å². The van der Waals surface area contributed by atoms with E-state index in [-0.39, 0.29) is 18.3 Å². The number of imidazole rings is 1. The highest BCUT2D eigenvalue weighted by molar-refractivity contribution is 6.06. The highest BCUT2D eigenvalue weighted by Crippen LogP contribution is 2.34. The van der Waals surface area contributed by atoms with Gasteiger partial charge in [-0.05, 0) is 18.6 Å². The fourth-order valence-corrected chi connectivity index (χ4v) is 6.75. The van der Waals surface area contributed by atoms with Crippen LogP contribution in [0.3, 0.4) is 0 Å². The predicted octanol–water partition coefficient (Wildman–Crippen LogP) is 8.54. The molecule has 1 fully saturated rings. The molecule has 49 heavy (non-hydrogen) atoms. The lowest BCUT2D eigenvalue weighted by Gasteiger charge is -2.22. The Labute approximate surface area is 293 Å². The number of anilines is 1. The summed E-state index contributed by atoms with van der Waals surface area (Å²) >= 11 is 0. The Morgan fingerprint density at radius 3 is 1.90 bits per heavy atom. The zero-order valence-corrected chi connectivity index (χ0v) is 29.8. The second-order valence-electron chi connectivity index (χ2n) is 13.7. The summed E-state index contributed by atoms with van der Waals surface area (Å²) in [7, 11) is 0. The predicted molar refractivity (Wildman–Crippen MR) is 194 cm³/mol. The van der Waals surface area contributed by atoms with Crippen molar-refractivity contribution in [3.05, 3.63) is 48.5 Å². The summed E-state index contributed by atoms with van der Waals surface area (Å²) in [6.07, 6.45) is 26.3. The maximum absolute atomic E-state index is 12.7. The number of nitrogens with zero attached hydrogens (tertiary/aromatic N) is 4. The highest BCUT2D eigenvalue weighted by atomic mass is 16.6. The summed E-state index contributed by atoms with van der Waals surface area (Å²) < 4.78 is 13.9. The number of ether oxygens (including phenoxy) is 2.